The van der Waals surface area contributed by atoms with Gasteiger partial charge in [0.15, 0.2) is 0 Å². The summed E-state index contributed by atoms with van der Waals surface area (Å²) in [5, 5.41) is 0. The Morgan fingerprint density at radius 1 is 0.417 bits per heavy atom. The monoisotopic (exact) mass is 158 g/mol. The highest BCUT2D eigenvalue weighted by Crippen LogP contribution is 2.91. The fourth-order valence-corrected chi connectivity index (χ4v) is 7.66. The molecule has 0 heterocycles. The Morgan fingerprint density at radius 2 is 0.750 bits per heavy atom. The van der Waals surface area contributed by atoms with Crippen LogP contribution in [0.25, 0.3) is 0 Å². The minimum atomic E-state index is 1.27. The van der Waals surface area contributed by atoms with Crippen LogP contribution in [0.4, 0.5) is 0 Å². The molecule has 6 rings (SSSR count). The fourth-order valence-electron chi connectivity index (χ4n) is 7.66. The summed E-state index contributed by atoms with van der Waals surface area (Å²) in [5.74, 6) is 12.9. The van der Waals surface area contributed by atoms with E-state index in [9.17, 15) is 0 Å². The van der Waals surface area contributed by atoms with E-state index in [2.05, 4.69) is 0 Å². The van der Waals surface area contributed by atoms with Gasteiger partial charge in [0.1, 0.15) is 0 Å². The van der Waals surface area contributed by atoms with Crippen molar-refractivity contribution in [3.63, 3.8) is 0 Å². The quantitative estimate of drug-likeness (QED) is 0.506. The normalized spacial score (nSPS) is 94.0. The van der Waals surface area contributed by atoms with Crippen LogP contribution in [0.3, 0.4) is 0 Å². The van der Waals surface area contributed by atoms with Crippen LogP contribution in [-0.2, 0) is 0 Å². The lowest BCUT2D eigenvalue weighted by atomic mass is 9.45. The number of fused-ring (bicyclic) bond motifs is 2. The van der Waals surface area contributed by atoms with E-state index < -0.39 is 0 Å². The topological polar surface area (TPSA) is 0 Å². The van der Waals surface area contributed by atoms with E-state index in [1.54, 1.807) is 12.8 Å². The van der Waals surface area contributed by atoms with Crippen LogP contribution >= 0.6 is 0 Å². The van der Waals surface area contributed by atoms with E-state index in [1.807, 2.05) is 0 Å². The van der Waals surface area contributed by atoms with Crippen molar-refractivity contribution in [2.75, 3.05) is 0 Å². The molecule has 0 radical (unpaired) electrons. The molecule has 0 aromatic carbocycles. The minimum absolute atomic E-state index is 1.27. The SMILES string of the molecule is C1C2C3CC4C1C1C2C2C3C4C12. The average molecular weight is 158 g/mol. The first-order valence-electron chi connectivity index (χ1n) is 5.97. The van der Waals surface area contributed by atoms with Crippen molar-refractivity contribution in [3.8, 4) is 0 Å². The molecule has 0 aromatic rings. The highest BCUT2D eigenvalue weighted by molar-refractivity contribution is 5.34. The van der Waals surface area contributed by atoms with Crippen LogP contribution in [0.5, 0.6) is 0 Å². The van der Waals surface area contributed by atoms with Gasteiger partial charge in [-0.15, -0.1) is 0 Å². The van der Waals surface area contributed by atoms with Crippen molar-refractivity contribution in [1.82, 2.24) is 0 Å². The third-order valence-corrected chi connectivity index (χ3v) is 7.28. The maximum atomic E-state index is 1.70. The predicted octanol–water partition coefficient (Wildman–Crippen LogP) is 2.01. The lowest BCUT2D eigenvalue weighted by molar-refractivity contribution is -0.127. The van der Waals surface area contributed by atoms with Crippen molar-refractivity contribution < 1.29 is 0 Å². The summed E-state index contributed by atoms with van der Waals surface area (Å²) in [6.07, 6.45) is 3.40. The second-order valence-corrected chi connectivity index (χ2v) is 6.59. The van der Waals surface area contributed by atoms with Crippen LogP contribution < -0.4 is 0 Å². The highest BCUT2D eigenvalue weighted by atomic mass is 14.9. The Hall–Kier alpha value is 0. The second-order valence-electron chi connectivity index (χ2n) is 6.59. The van der Waals surface area contributed by atoms with Crippen molar-refractivity contribution in [3.05, 3.63) is 0 Å². The predicted molar refractivity (Wildman–Crippen MR) is 44.1 cm³/mol. The molecule has 12 heavy (non-hydrogen) atoms. The van der Waals surface area contributed by atoms with Crippen molar-refractivity contribution in [2.24, 2.45) is 59.2 Å². The molecule has 8 unspecified atom stereocenters. The molecule has 0 amide bonds. The Balaban J connectivity index is 1.83. The first-order valence-corrected chi connectivity index (χ1v) is 5.97. The minimum Gasteiger partial charge on any atom is -0.0465 e. The van der Waals surface area contributed by atoms with Gasteiger partial charge in [0, 0.05) is 0 Å². The summed E-state index contributed by atoms with van der Waals surface area (Å²) < 4.78 is 0. The van der Waals surface area contributed by atoms with Gasteiger partial charge in [-0.1, -0.05) is 0 Å². The van der Waals surface area contributed by atoms with E-state index >= 15 is 0 Å². The van der Waals surface area contributed by atoms with Crippen molar-refractivity contribution >= 4 is 0 Å². The van der Waals surface area contributed by atoms with Gasteiger partial charge in [0.05, 0.1) is 0 Å². The number of hydrogen-bond acceptors (Lipinski definition) is 0. The highest BCUT2D eigenvalue weighted by Gasteiger charge is 2.87. The Bertz CT molecular complexity index is 236. The largest absolute Gasteiger partial charge is 0.0465 e. The van der Waals surface area contributed by atoms with Crippen molar-refractivity contribution in [1.29, 1.82) is 0 Å². The third kappa shape index (κ3) is 0.225. The van der Waals surface area contributed by atoms with Crippen LogP contribution in [0.1, 0.15) is 12.8 Å². The molecule has 6 aliphatic rings. The molecule has 0 spiro atoms. The Kier molecular flexibility index (Phi) is 0.450. The van der Waals surface area contributed by atoms with Gasteiger partial charge < -0.3 is 0 Å². The number of rotatable bonds is 0. The van der Waals surface area contributed by atoms with Crippen LogP contribution in [0.15, 0.2) is 0 Å². The molecule has 0 aromatic heterocycles. The van der Waals surface area contributed by atoms with Crippen molar-refractivity contribution in [2.45, 2.75) is 12.8 Å². The molecule has 6 saturated carbocycles. The molecule has 0 heteroatoms. The van der Waals surface area contributed by atoms with Gasteiger partial charge in [-0.25, -0.2) is 0 Å². The van der Waals surface area contributed by atoms with Gasteiger partial charge in [-0.05, 0) is 72.0 Å². The molecular formula is C12H14. The average Bonchev–Trinajstić information content (AvgIpc) is 2.33. The smallest absolute Gasteiger partial charge is 0.0312 e. The van der Waals surface area contributed by atoms with Crippen LogP contribution in [0.2, 0.25) is 0 Å². The van der Waals surface area contributed by atoms with Gasteiger partial charge in [-0.2, -0.15) is 0 Å². The molecular weight excluding hydrogens is 144 g/mol. The van der Waals surface area contributed by atoms with Gasteiger partial charge >= 0.3 is 0 Å². The molecule has 0 aliphatic heterocycles. The lowest BCUT2D eigenvalue weighted by Crippen LogP contribution is -2.56. The van der Waals surface area contributed by atoms with E-state index in [4.69, 9.17) is 0 Å². The van der Waals surface area contributed by atoms with E-state index in [0.717, 1.165) is 0 Å². The van der Waals surface area contributed by atoms with E-state index in [-0.39, 0.29) is 0 Å². The summed E-state index contributed by atoms with van der Waals surface area (Å²) in [5.41, 5.74) is 0. The van der Waals surface area contributed by atoms with Gasteiger partial charge in [0.25, 0.3) is 0 Å². The number of hydrogen-bond donors (Lipinski definition) is 0. The maximum Gasteiger partial charge on any atom is -0.0312 e. The Morgan fingerprint density at radius 3 is 1.08 bits per heavy atom. The first-order chi connectivity index (χ1) is 5.97. The summed E-state index contributed by atoms with van der Waals surface area (Å²) >= 11 is 0. The molecule has 8 atom stereocenters. The summed E-state index contributed by atoms with van der Waals surface area (Å²) in [6, 6.07) is 0. The van der Waals surface area contributed by atoms with E-state index in [1.165, 1.54) is 59.2 Å². The zero-order chi connectivity index (χ0) is 7.19. The second kappa shape index (κ2) is 1.07. The van der Waals surface area contributed by atoms with Crippen LogP contribution in [-0.4, -0.2) is 0 Å². The summed E-state index contributed by atoms with van der Waals surface area (Å²) in [7, 11) is 0. The van der Waals surface area contributed by atoms with E-state index in [0.29, 0.717) is 0 Å². The molecule has 0 nitrogen and oxygen atoms in total. The third-order valence-electron chi connectivity index (χ3n) is 7.28. The molecule has 6 fully saturated rings. The molecule has 62 valence electrons. The molecule has 0 bridgehead atoms. The molecule has 0 saturated heterocycles. The van der Waals surface area contributed by atoms with Crippen LogP contribution in [0, 0.1) is 59.2 Å². The zero-order valence-corrected chi connectivity index (χ0v) is 7.19. The van der Waals surface area contributed by atoms with Gasteiger partial charge in [0.2, 0.25) is 0 Å². The summed E-state index contributed by atoms with van der Waals surface area (Å²) in [4.78, 5) is 0. The molecule has 6 aliphatic carbocycles. The Labute approximate surface area is 72.7 Å². The maximum absolute atomic E-state index is 1.70. The summed E-state index contributed by atoms with van der Waals surface area (Å²) in [6.45, 7) is 0. The molecule has 0 N–H and O–H groups in total. The standard InChI is InChI=1S/C12H14/c1-3-5-2-6-4(1)8-7(3)11-9(5)10(6)12(8)11/h3-12H,1-2H2. The zero-order valence-electron chi connectivity index (χ0n) is 7.19. The lowest BCUT2D eigenvalue weighted by Gasteiger charge is -2.59. The van der Waals surface area contributed by atoms with Gasteiger partial charge in [-0.3, -0.25) is 0 Å². The fraction of sp³-hybridized carbons (Fsp3) is 1.00. The first kappa shape index (κ1) is 5.02.